The van der Waals surface area contributed by atoms with Gasteiger partial charge >= 0.3 is 0 Å². The van der Waals surface area contributed by atoms with Crippen LogP contribution < -0.4 is 5.32 Å². The van der Waals surface area contributed by atoms with Crippen molar-refractivity contribution in [3.8, 4) is 11.3 Å². The topological polar surface area (TPSA) is 64.0 Å². The second-order valence-corrected chi connectivity index (χ2v) is 4.63. The molecule has 2 aromatic rings. The first-order valence-corrected chi connectivity index (χ1v) is 6.08. The SMILES string of the molecule is Cn1cnc(C=O)c1-c1ccc2c(c1)CCC(=O)N2. The number of imidazole rings is 1. The Morgan fingerprint density at radius 3 is 3.00 bits per heavy atom. The number of anilines is 1. The first kappa shape index (κ1) is 11.6. The summed E-state index contributed by atoms with van der Waals surface area (Å²) in [6, 6.07) is 5.79. The number of nitrogens with one attached hydrogen (secondary N) is 1. The Balaban J connectivity index is 2.09. The van der Waals surface area contributed by atoms with Crippen molar-refractivity contribution in [3.05, 3.63) is 35.8 Å². The summed E-state index contributed by atoms with van der Waals surface area (Å²) in [5.41, 5.74) is 4.12. The predicted molar refractivity (Wildman–Crippen MR) is 71.0 cm³/mol. The maximum Gasteiger partial charge on any atom is 0.224 e. The minimum absolute atomic E-state index is 0.0503. The molecule has 0 atom stereocenters. The molecule has 3 rings (SSSR count). The molecule has 0 unspecified atom stereocenters. The van der Waals surface area contributed by atoms with Crippen molar-refractivity contribution in [3.63, 3.8) is 0 Å². The van der Waals surface area contributed by atoms with E-state index in [0.29, 0.717) is 12.1 Å². The smallest absolute Gasteiger partial charge is 0.224 e. The fourth-order valence-corrected chi connectivity index (χ4v) is 2.42. The number of aromatic nitrogens is 2. The monoisotopic (exact) mass is 255 g/mol. The normalized spacial score (nSPS) is 13.8. The van der Waals surface area contributed by atoms with E-state index in [1.54, 1.807) is 6.33 Å². The second-order valence-electron chi connectivity index (χ2n) is 4.63. The van der Waals surface area contributed by atoms with Crippen LogP contribution in [0.4, 0.5) is 5.69 Å². The summed E-state index contributed by atoms with van der Waals surface area (Å²) in [4.78, 5) is 26.4. The molecule has 0 spiro atoms. The van der Waals surface area contributed by atoms with E-state index < -0.39 is 0 Å². The highest BCUT2D eigenvalue weighted by molar-refractivity contribution is 5.94. The molecule has 0 aliphatic carbocycles. The number of carbonyl (C=O) groups excluding carboxylic acids is 2. The fraction of sp³-hybridized carbons (Fsp3) is 0.214. The number of carbonyl (C=O) groups is 2. The minimum Gasteiger partial charge on any atom is -0.333 e. The summed E-state index contributed by atoms with van der Waals surface area (Å²) < 4.78 is 1.83. The fourth-order valence-electron chi connectivity index (χ4n) is 2.42. The van der Waals surface area contributed by atoms with Crippen molar-refractivity contribution < 1.29 is 9.59 Å². The largest absolute Gasteiger partial charge is 0.333 e. The van der Waals surface area contributed by atoms with Crippen LogP contribution in [0.1, 0.15) is 22.5 Å². The van der Waals surface area contributed by atoms with Crippen LogP contribution >= 0.6 is 0 Å². The summed E-state index contributed by atoms with van der Waals surface area (Å²) in [6.45, 7) is 0. The summed E-state index contributed by atoms with van der Waals surface area (Å²) in [6.07, 6.45) is 3.61. The Bertz CT molecular complexity index is 673. The lowest BCUT2D eigenvalue weighted by atomic mass is 9.98. The average molecular weight is 255 g/mol. The number of aryl methyl sites for hydroxylation is 2. The lowest BCUT2D eigenvalue weighted by Gasteiger charge is -2.17. The highest BCUT2D eigenvalue weighted by Crippen LogP contribution is 2.29. The Morgan fingerprint density at radius 2 is 2.21 bits per heavy atom. The van der Waals surface area contributed by atoms with Gasteiger partial charge in [-0.2, -0.15) is 0 Å². The van der Waals surface area contributed by atoms with E-state index in [9.17, 15) is 9.59 Å². The second kappa shape index (κ2) is 4.35. The molecule has 1 aromatic heterocycles. The quantitative estimate of drug-likeness (QED) is 0.832. The van der Waals surface area contributed by atoms with Gasteiger partial charge < -0.3 is 9.88 Å². The maximum absolute atomic E-state index is 11.3. The molecule has 1 aromatic carbocycles. The molecule has 0 bridgehead atoms. The summed E-state index contributed by atoms with van der Waals surface area (Å²) in [5, 5.41) is 2.84. The molecule has 96 valence electrons. The van der Waals surface area contributed by atoms with Gasteiger partial charge in [-0.15, -0.1) is 0 Å². The number of fused-ring (bicyclic) bond motifs is 1. The number of hydrogen-bond acceptors (Lipinski definition) is 3. The van der Waals surface area contributed by atoms with Gasteiger partial charge in [-0.25, -0.2) is 4.98 Å². The van der Waals surface area contributed by atoms with E-state index in [1.165, 1.54) is 0 Å². The third kappa shape index (κ3) is 1.93. The van der Waals surface area contributed by atoms with Crippen LogP contribution in [0.5, 0.6) is 0 Å². The third-order valence-electron chi connectivity index (χ3n) is 3.35. The lowest BCUT2D eigenvalue weighted by Crippen LogP contribution is -2.18. The van der Waals surface area contributed by atoms with E-state index in [4.69, 9.17) is 0 Å². The van der Waals surface area contributed by atoms with Crippen LogP contribution in [0.25, 0.3) is 11.3 Å². The molecule has 0 fully saturated rings. The van der Waals surface area contributed by atoms with Crippen LogP contribution in [0.3, 0.4) is 0 Å². The van der Waals surface area contributed by atoms with Crippen molar-refractivity contribution in [2.45, 2.75) is 12.8 Å². The molecule has 1 aliphatic heterocycles. The Hall–Kier alpha value is -2.43. The van der Waals surface area contributed by atoms with Gasteiger partial charge in [0.2, 0.25) is 5.91 Å². The standard InChI is InChI=1S/C14H13N3O2/c1-17-8-15-12(7-18)14(17)10-2-4-11-9(6-10)3-5-13(19)16-11/h2,4,6-8H,3,5H2,1H3,(H,16,19). The molecule has 0 saturated carbocycles. The van der Waals surface area contributed by atoms with Crippen molar-refractivity contribution in [2.24, 2.45) is 7.05 Å². The number of nitrogens with zero attached hydrogens (tertiary/aromatic N) is 2. The molecular weight excluding hydrogens is 242 g/mol. The predicted octanol–water partition coefficient (Wildman–Crippen LogP) is 1.78. The number of amides is 1. The van der Waals surface area contributed by atoms with E-state index in [2.05, 4.69) is 10.3 Å². The molecule has 0 saturated heterocycles. The van der Waals surface area contributed by atoms with Gasteiger partial charge in [0.05, 0.1) is 12.0 Å². The maximum atomic E-state index is 11.3. The Labute approximate surface area is 110 Å². The third-order valence-corrected chi connectivity index (χ3v) is 3.35. The molecule has 5 nitrogen and oxygen atoms in total. The molecule has 1 N–H and O–H groups in total. The first-order valence-electron chi connectivity index (χ1n) is 6.08. The molecule has 1 aliphatic rings. The van der Waals surface area contributed by atoms with Crippen molar-refractivity contribution >= 4 is 17.9 Å². The molecule has 2 heterocycles. The van der Waals surface area contributed by atoms with Gasteiger partial charge in [0, 0.05) is 24.7 Å². The summed E-state index contributed by atoms with van der Waals surface area (Å²) >= 11 is 0. The lowest BCUT2D eigenvalue weighted by molar-refractivity contribution is -0.116. The Morgan fingerprint density at radius 1 is 1.37 bits per heavy atom. The van der Waals surface area contributed by atoms with Gasteiger partial charge in [-0.1, -0.05) is 6.07 Å². The zero-order chi connectivity index (χ0) is 13.4. The van der Waals surface area contributed by atoms with Gasteiger partial charge in [0.1, 0.15) is 5.69 Å². The van der Waals surface area contributed by atoms with Crippen LogP contribution in [0, 0.1) is 0 Å². The highest BCUT2D eigenvalue weighted by atomic mass is 16.1. The number of benzene rings is 1. The van der Waals surface area contributed by atoms with Crippen LogP contribution in [-0.2, 0) is 18.3 Å². The van der Waals surface area contributed by atoms with E-state index >= 15 is 0 Å². The zero-order valence-electron chi connectivity index (χ0n) is 10.5. The summed E-state index contributed by atoms with van der Waals surface area (Å²) in [7, 11) is 1.86. The van der Waals surface area contributed by atoms with E-state index in [1.807, 2.05) is 29.8 Å². The van der Waals surface area contributed by atoms with Crippen molar-refractivity contribution in [1.82, 2.24) is 9.55 Å². The number of rotatable bonds is 2. The van der Waals surface area contributed by atoms with Crippen LogP contribution in [0.15, 0.2) is 24.5 Å². The molecule has 1 amide bonds. The van der Waals surface area contributed by atoms with Crippen LogP contribution in [-0.4, -0.2) is 21.7 Å². The number of aldehydes is 1. The number of hydrogen-bond donors (Lipinski definition) is 1. The van der Waals surface area contributed by atoms with E-state index in [-0.39, 0.29) is 5.91 Å². The van der Waals surface area contributed by atoms with Gasteiger partial charge in [0.15, 0.2) is 6.29 Å². The Kier molecular flexibility index (Phi) is 2.67. The van der Waals surface area contributed by atoms with Crippen LogP contribution in [0.2, 0.25) is 0 Å². The van der Waals surface area contributed by atoms with Gasteiger partial charge in [-0.3, -0.25) is 9.59 Å². The van der Waals surface area contributed by atoms with Crippen molar-refractivity contribution in [2.75, 3.05) is 5.32 Å². The summed E-state index contributed by atoms with van der Waals surface area (Å²) in [5.74, 6) is 0.0503. The highest BCUT2D eigenvalue weighted by Gasteiger charge is 2.17. The van der Waals surface area contributed by atoms with Gasteiger partial charge in [0.25, 0.3) is 0 Å². The first-order chi connectivity index (χ1) is 9.19. The average Bonchev–Trinajstić information content (AvgIpc) is 2.79. The molecule has 0 radical (unpaired) electrons. The minimum atomic E-state index is 0.0503. The van der Waals surface area contributed by atoms with Crippen molar-refractivity contribution in [1.29, 1.82) is 0 Å². The molecule has 19 heavy (non-hydrogen) atoms. The molecular formula is C14H13N3O2. The van der Waals surface area contributed by atoms with Gasteiger partial charge in [-0.05, 0) is 24.1 Å². The zero-order valence-corrected chi connectivity index (χ0v) is 10.5. The van der Waals surface area contributed by atoms with E-state index in [0.717, 1.165) is 35.2 Å². The molecule has 5 heteroatoms.